The fraction of sp³-hybridized carbons (Fsp3) is 0.688. The molecule has 108 valence electrons. The van der Waals surface area contributed by atoms with E-state index >= 15 is 0 Å². The van der Waals surface area contributed by atoms with E-state index in [9.17, 15) is 4.79 Å². The Morgan fingerprint density at radius 2 is 2.00 bits per heavy atom. The average Bonchev–Trinajstić information content (AvgIpc) is 2.39. The highest BCUT2D eigenvalue weighted by atomic mass is 16.5. The van der Waals surface area contributed by atoms with Crippen molar-refractivity contribution in [1.82, 2.24) is 0 Å². The van der Waals surface area contributed by atoms with Gasteiger partial charge in [-0.1, -0.05) is 32.6 Å². The summed E-state index contributed by atoms with van der Waals surface area (Å²) in [6.07, 6.45) is 9.91. The Morgan fingerprint density at radius 3 is 2.63 bits per heavy atom. The molecule has 1 rings (SSSR count). The third-order valence-electron chi connectivity index (χ3n) is 3.29. The van der Waals surface area contributed by atoms with Gasteiger partial charge in [0.25, 0.3) is 0 Å². The van der Waals surface area contributed by atoms with Gasteiger partial charge in [-0.3, -0.25) is 0 Å². The van der Waals surface area contributed by atoms with E-state index in [2.05, 4.69) is 6.92 Å². The normalized spacial score (nSPS) is 15.0. The van der Waals surface area contributed by atoms with Gasteiger partial charge in [0.1, 0.15) is 5.76 Å². The van der Waals surface area contributed by atoms with Crippen molar-refractivity contribution < 1.29 is 14.3 Å². The third kappa shape index (κ3) is 5.50. The summed E-state index contributed by atoms with van der Waals surface area (Å²) in [5.74, 6) is 1.45. The van der Waals surface area contributed by atoms with Gasteiger partial charge in [-0.2, -0.15) is 0 Å². The SMILES string of the molecule is CCCCCCCC1=CCC(C(=O)OCC)=C(C)O1. The molecule has 0 radical (unpaired) electrons. The number of hydrogen-bond donors (Lipinski definition) is 0. The maximum absolute atomic E-state index is 11.7. The Balaban J connectivity index is 2.33. The van der Waals surface area contributed by atoms with E-state index in [1.807, 2.05) is 19.9 Å². The topological polar surface area (TPSA) is 35.5 Å². The molecule has 0 aromatic heterocycles. The summed E-state index contributed by atoms with van der Waals surface area (Å²) in [4.78, 5) is 11.7. The molecule has 1 aliphatic rings. The zero-order chi connectivity index (χ0) is 14.1. The first-order valence-electron chi connectivity index (χ1n) is 7.42. The number of carbonyl (C=O) groups excluding carboxylic acids is 1. The van der Waals surface area contributed by atoms with E-state index in [4.69, 9.17) is 9.47 Å². The lowest BCUT2D eigenvalue weighted by atomic mass is 10.1. The first-order valence-corrected chi connectivity index (χ1v) is 7.42. The van der Waals surface area contributed by atoms with E-state index in [1.165, 1.54) is 25.7 Å². The number of unbranched alkanes of at least 4 members (excludes halogenated alkanes) is 4. The molecule has 0 amide bonds. The van der Waals surface area contributed by atoms with Gasteiger partial charge in [0.05, 0.1) is 17.9 Å². The molecule has 0 aliphatic carbocycles. The molecule has 3 nitrogen and oxygen atoms in total. The van der Waals surface area contributed by atoms with Gasteiger partial charge < -0.3 is 9.47 Å². The molecule has 0 unspecified atom stereocenters. The monoisotopic (exact) mass is 266 g/mol. The second kappa shape index (κ2) is 8.78. The van der Waals surface area contributed by atoms with E-state index in [0.717, 1.165) is 18.6 Å². The second-order valence-corrected chi connectivity index (χ2v) is 4.90. The van der Waals surface area contributed by atoms with Crippen LogP contribution in [0.4, 0.5) is 0 Å². The third-order valence-corrected chi connectivity index (χ3v) is 3.29. The standard InChI is InChI=1S/C16H26O3/c1-4-6-7-8-9-10-14-11-12-15(13(3)19-14)16(17)18-5-2/h11H,4-10,12H2,1-3H3. The minimum absolute atomic E-state index is 0.252. The molecule has 0 bridgehead atoms. The molecule has 0 aromatic carbocycles. The first kappa shape index (κ1) is 15.8. The highest BCUT2D eigenvalue weighted by molar-refractivity contribution is 5.89. The highest BCUT2D eigenvalue weighted by Gasteiger charge is 2.19. The molecule has 1 aliphatic heterocycles. The molecule has 0 saturated carbocycles. The van der Waals surface area contributed by atoms with E-state index in [-0.39, 0.29) is 5.97 Å². The van der Waals surface area contributed by atoms with Gasteiger partial charge in [0.2, 0.25) is 0 Å². The number of carbonyl (C=O) groups is 1. The number of hydrogen-bond acceptors (Lipinski definition) is 3. The number of esters is 1. The van der Waals surface area contributed by atoms with Crippen LogP contribution in [0.2, 0.25) is 0 Å². The number of ether oxygens (including phenoxy) is 2. The Morgan fingerprint density at radius 1 is 1.26 bits per heavy atom. The zero-order valence-electron chi connectivity index (χ0n) is 12.5. The molecule has 3 heteroatoms. The van der Waals surface area contributed by atoms with Crippen LogP contribution in [0.3, 0.4) is 0 Å². The van der Waals surface area contributed by atoms with Gasteiger partial charge in [0, 0.05) is 12.8 Å². The van der Waals surface area contributed by atoms with Crippen LogP contribution in [-0.4, -0.2) is 12.6 Å². The quantitative estimate of drug-likeness (QED) is 0.479. The molecule has 0 fully saturated rings. The number of allylic oxidation sites excluding steroid dienone is 3. The molecule has 0 N–H and O–H groups in total. The van der Waals surface area contributed by atoms with Gasteiger partial charge in [-0.15, -0.1) is 0 Å². The summed E-state index contributed by atoms with van der Waals surface area (Å²) < 4.78 is 10.7. The van der Waals surface area contributed by atoms with Crippen molar-refractivity contribution >= 4 is 5.97 Å². The summed E-state index contributed by atoms with van der Waals surface area (Å²) in [6, 6.07) is 0. The summed E-state index contributed by atoms with van der Waals surface area (Å²) in [6.45, 7) is 6.28. The summed E-state index contributed by atoms with van der Waals surface area (Å²) in [5.41, 5.74) is 0.650. The van der Waals surface area contributed by atoms with E-state index in [1.54, 1.807) is 0 Å². The van der Waals surface area contributed by atoms with Crippen molar-refractivity contribution in [2.75, 3.05) is 6.61 Å². The lowest BCUT2D eigenvalue weighted by molar-refractivity contribution is -0.138. The highest BCUT2D eigenvalue weighted by Crippen LogP contribution is 2.25. The minimum Gasteiger partial charge on any atom is -0.466 e. The minimum atomic E-state index is -0.252. The Kier molecular flexibility index (Phi) is 7.31. The lowest BCUT2D eigenvalue weighted by Gasteiger charge is -2.18. The fourth-order valence-corrected chi connectivity index (χ4v) is 2.16. The van der Waals surface area contributed by atoms with Gasteiger partial charge in [-0.25, -0.2) is 4.79 Å². The maximum atomic E-state index is 11.7. The van der Waals surface area contributed by atoms with Crippen LogP contribution >= 0.6 is 0 Å². The summed E-state index contributed by atoms with van der Waals surface area (Å²) >= 11 is 0. The smallest absolute Gasteiger partial charge is 0.337 e. The van der Waals surface area contributed by atoms with E-state index < -0.39 is 0 Å². The van der Waals surface area contributed by atoms with Crippen LogP contribution in [0.5, 0.6) is 0 Å². The van der Waals surface area contributed by atoms with Crippen molar-refractivity contribution in [1.29, 1.82) is 0 Å². The van der Waals surface area contributed by atoms with Crippen LogP contribution < -0.4 is 0 Å². The number of rotatable bonds is 8. The van der Waals surface area contributed by atoms with Gasteiger partial charge in [-0.05, 0) is 26.3 Å². The molecular formula is C16H26O3. The molecular weight excluding hydrogens is 240 g/mol. The van der Waals surface area contributed by atoms with E-state index in [0.29, 0.717) is 24.4 Å². The van der Waals surface area contributed by atoms with Crippen LogP contribution in [-0.2, 0) is 14.3 Å². The first-order chi connectivity index (χ1) is 9.19. The molecule has 1 heterocycles. The molecule has 0 saturated heterocycles. The molecule has 0 spiro atoms. The Hall–Kier alpha value is -1.25. The van der Waals surface area contributed by atoms with Crippen molar-refractivity contribution in [3.63, 3.8) is 0 Å². The summed E-state index contributed by atoms with van der Waals surface area (Å²) in [7, 11) is 0. The van der Waals surface area contributed by atoms with Crippen LogP contribution in [0.1, 0.15) is 65.7 Å². The average molecular weight is 266 g/mol. The van der Waals surface area contributed by atoms with Crippen molar-refractivity contribution in [2.45, 2.75) is 65.7 Å². The van der Waals surface area contributed by atoms with Crippen LogP contribution in [0.15, 0.2) is 23.2 Å². The molecule has 0 aromatic rings. The van der Waals surface area contributed by atoms with Crippen molar-refractivity contribution in [2.24, 2.45) is 0 Å². The summed E-state index contributed by atoms with van der Waals surface area (Å²) in [5, 5.41) is 0. The predicted molar refractivity (Wildman–Crippen MR) is 76.5 cm³/mol. The van der Waals surface area contributed by atoms with Crippen molar-refractivity contribution in [3.05, 3.63) is 23.2 Å². The maximum Gasteiger partial charge on any atom is 0.337 e. The fourth-order valence-electron chi connectivity index (χ4n) is 2.16. The Labute approximate surface area is 116 Å². The van der Waals surface area contributed by atoms with Crippen LogP contribution in [0, 0.1) is 0 Å². The van der Waals surface area contributed by atoms with Gasteiger partial charge >= 0.3 is 5.97 Å². The van der Waals surface area contributed by atoms with Crippen LogP contribution in [0.25, 0.3) is 0 Å². The Bertz CT molecular complexity index is 353. The zero-order valence-corrected chi connectivity index (χ0v) is 12.5. The second-order valence-electron chi connectivity index (χ2n) is 4.90. The van der Waals surface area contributed by atoms with Crippen molar-refractivity contribution in [3.8, 4) is 0 Å². The van der Waals surface area contributed by atoms with Gasteiger partial charge in [0.15, 0.2) is 0 Å². The largest absolute Gasteiger partial charge is 0.466 e. The predicted octanol–water partition coefficient (Wildman–Crippen LogP) is 4.49. The lowest BCUT2D eigenvalue weighted by Crippen LogP contribution is -2.13. The molecule has 19 heavy (non-hydrogen) atoms. The molecule has 0 atom stereocenters.